The Morgan fingerprint density at radius 3 is 2.00 bits per heavy atom. The first-order chi connectivity index (χ1) is 18.9. The van der Waals surface area contributed by atoms with Gasteiger partial charge in [0.05, 0.1) is 26.4 Å². The van der Waals surface area contributed by atoms with Crippen LogP contribution >= 0.6 is 15.2 Å². The zero-order chi connectivity index (χ0) is 30.1. The first-order valence-corrected chi connectivity index (χ1v) is 15.8. The summed E-state index contributed by atoms with van der Waals surface area (Å²) in [5.41, 5.74) is -3.42. The second-order valence-electron chi connectivity index (χ2n) is 8.18. The number of carbonyl (C=O) groups is 2. The highest BCUT2D eigenvalue weighted by Gasteiger charge is 2.52. The molecule has 1 fully saturated rings. The Morgan fingerprint density at radius 2 is 1.52 bits per heavy atom. The number of aliphatic hydroxyl groups is 2. The molecule has 1 aromatic rings. The fourth-order valence-electron chi connectivity index (χ4n) is 3.76. The van der Waals surface area contributed by atoms with E-state index in [0.29, 0.717) is 0 Å². The van der Waals surface area contributed by atoms with Crippen molar-refractivity contribution in [2.75, 3.05) is 33.0 Å². The molecule has 1 aromatic heterocycles. The van der Waals surface area contributed by atoms with E-state index >= 15 is 0 Å². The number of H-pyrrole nitrogens is 1. The van der Waals surface area contributed by atoms with Crippen molar-refractivity contribution in [1.29, 1.82) is 0 Å². The first kappa shape index (κ1) is 34.0. The minimum atomic E-state index is -4.25. The molecule has 0 aliphatic carbocycles. The van der Waals surface area contributed by atoms with Crippen LogP contribution in [0.4, 0.5) is 0 Å². The van der Waals surface area contributed by atoms with Crippen LogP contribution in [0.5, 0.6) is 0 Å². The fourth-order valence-corrected chi connectivity index (χ4v) is 8.70. The number of rotatable bonds is 16. The molecule has 1 saturated heterocycles. The van der Waals surface area contributed by atoms with E-state index in [0.717, 1.165) is 16.8 Å². The van der Waals surface area contributed by atoms with Gasteiger partial charge in [-0.3, -0.25) is 33.1 Å². The molecule has 0 bridgehead atoms. The van der Waals surface area contributed by atoms with E-state index in [-0.39, 0.29) is 33.0 Å². The Labute approximate surface area is 229 Å². The summed E-state index contributed by atoms with van der Waals surface area (Å²) in [5, 5.41) is 25.3. The molecule has 0 saturated carbocycles. The van der Waals surface area contributed by atoms with E-state index in [1.807, 2.05) is 4.98 Å². The maximum absolute atomic E-state index is 13.5. The van der Waals surface area contributed by atoms with Crippen molar-refractivity contribution in [2.24, 2.45) is 0 Å². The van der Waals surface area contributed by atoms with Crippen LogP contribution in [0.2, 0.25) is 0 Å². The maximum Gasteiger partial charge on any atom is 0.365 e. The Bertz CT molecular complexity index is 1170. The highest BCUT2D eigenvalue weighted by Crippen LogP contribution is 2.69. The minimum Gasteiger partial charge on any atom is -0.387 e. The Hall–Kier alpha value is -2.20. The molecule has 1 aliphatic heterocycles. The van der Waals surface area contributed by atoms with Crippen LogP contribution in [0.15, 0.2) is 21.9 Å². The van der Waals surface area contributed by atoms with Gasteiger partial charge in [-0.15, -0.1) is 0 Å². The zero-order valence-corrected chi connectivity index (χ0v) is 24.3. The first-order valence-electron chi connectivity index (χ1n) is 12.5. The van der Waals surface area contributed by atoms with Crippen molar-refractivity contribution in [1.82, 2.24) is 20.2 Å². The Kier molecular flexibility index (Phi) is 12.9. The average molecular weight is 614 g/mol. The van der Waals surface area contributed by atoms with Crippen LogP contribution in [0.1, 0.15) is 40.3 Å². The summed E-state index contributed by atoms with van der Waals surface area (Å²) in [5.74, 6) is -1.74. The molecule has 17 nitrogen and oxygen atoms in total. The van der Waals surface area contributed by atoms with Crippen molar-refractivity contribution in [3.8, 4) is 0 Å². The van der Waals surface area contributed by atoms with Crippen molar-refractivity contribution in [3.05, 3.63) is 33.1 Å². The van der Waals surface area contributed by atoms with Crippen molar-refractivity contribution >= 4 is 27.0 Å². The number of ether oxygens (including phenoxy) is 1. The SMILES string of the molecule is CCOP(=O)(OCC)C(NC(=O)CCNC(=O)[C@H]1OC(n2ccc(=O)[nH]c2=O)[C@H](O)[C@@H]1O)P(=O)(OCC)OCC. The molecule has 19 heteroatoms. The number of hydrogen-bond acceptors (Lipinski definition) is 13. The monoisotopic (exact) mass is 614 g/mol. The summed E-state index contributed by atoms with van der Waals surface area (Å²) in [6.07, 6.45) is -5.92. The van der Waals surface area contributed by atoms with Crippen LogP contribution in [0, 0.1) is 0 Å². The quantitative estimate of drug-likeness (QED) is 0.149. The number of nitrogens with one attached hydrogen (secondary N) is 3. The molecular formula is C21H36N4O13P2. The van der Waals surface area contributed by atoms with E-state index in [1.54, 1.807) is 0 Å². The normalized spacial score (nSPS) is 21.5. The molecule has 0 radical (unpaired) electrons. The topological polar surface area (TPSA) is 234 Å². The molecule has 1 aliphatic rings. The van der Waals surface area contributed by atoms with Gasteiger partial charge in [0.25, 0.3) is 11.5 Å². The Morgan fingerprint density at radius 1 is 1.00 bits per heavy atom. The van der Waals surface area contributed by atoms with Gasteiger partial charge < -0.3 is 43.7 Å². The van der Waals surface area contributed by atoms with Gasteiger partial charge in [0, 0.05) is 25.2 Å². The second-order valence-corrected chi connectivity index (χ2v) is 12.8. The lowest BCUT2D eigenvalue weighted by atomic mass is 10.1. The summed E-state index contributed by atoms with van der Waals surface area (Å²) >= 11 is 0. The number of aliphatic hydroxyl groups excluding tert-OH is 2. The van der Waals surface area contributed by atoms with Crippen LogP contribution < -0.4 is 21.9 Å². The summed E-state index contributed by atoms with van der Waals surface area (Å²) in [6, 6.07) is 0.995. The number of hydrogen-bond donors (Lipinski definition) is 5. The number of amides is 2. The third-order valence-electron chi connectivity index (χ3n) is 5.40. The maximum atomic E-state index is 13.5. The predicted molar refractivity (Wildman–Crippen MR) is 139 cm³/mol. The van der Waals surface area contributed by atoms with E-state index in [9.17, 15) is 38.5 Å². The second kappa shape index (κ2) is 15.1. The smallest absolute Gasteiger partial charge is 0.365 e. The van der Waals surface area contributed by atoms with E-state index in [1.165, 1.54) is 27.7 Å². The van der Waals surface area contributed by atoms with E-state index in [4.69, 9.17) is 22.8 Å². The average Bonchev–Trinajstić information content (AvgIpc) is 3.17. The molecule has 40 heavy (non-hydrogen) atoms. The molecule has 228 valence electrons. The van der Waals surface area contributed by atoms with Gasteiger partial charge in [0.1, 0.15) is 12.2 Å². The predicted octanol–water partition coefficient (Wildman–Crippen LogP) is -0.406. The van der Waals surface area contributed by atoms with E-state index in [2.05, 4.69) is 10.6 Å². The molecule has 4 atom stereocenters. The molecule has 2 amide bonds. The van der Waals surface area contributed by atoms with Crippen LogP contribution in [-0.2, 0) is 41.6 Å². The molecule has 1 unspecified atom stereocenters. The van der Waals surface area contributed by atoms with Crippen LogP contribution in [0.25, 0.3) is 0 Å². The standard InChI is InChI=1S/C21H36N4O13P2/c1-5-34-39(32,35-6-2)21(40(33,36-7-3)37-8-4)24-13(26)9-11-22-18(30)17-15(28)16(29)19(38-17)25-12-10-14(27)23-20(25)31/h10,12,15-17,19,21,28-29H,5-9,11H2,1-4H3,(H,22,30)(H,24,26)(H,23,27,31)/t15-,16+,17-,19?/m0/s1. The summed E-state index contributed by atoms with van der Waals surface area (Å²) < 4.78 is 54.2. The minimum absolute atomic E-state index is 0.0975. The molecule has 5 N–H and O–H groups in total. The van der Waals surface area contributed by atoms with Gasteiger partial charge in [-0.2, -0.15) is 0 Å². The van der Waals surface area contributed by atoms with Gasteiger partial charge in [0.2, 0.25) is 11.4 Å². The number of nitrogens with zero attached hydrogens (tertiary/aromatic N) is 1. The fraction of sp³-hybridized carbons (Fsp3) is 0.714. The van der Waals surface area contributed by atoms with Crippen LogP contribution in [-0.4, -0.2) is 88.4 Å². The molecule has 2 heterocycles. The lowest BCUT2D eigenvalue weighted by Crippen LogP contribution is -2.44. The Balaban J connectivity index is 2.10. The van der Waals surface area contributed by atoms with Gasteiger partial charge in [-0.1, -0.05) is 0 Å². The van der Waals surface area contributed by atoms with Gasteiger partial charge >= 0.3 is 20.9 Å². The highest BCUT2D eigenvalue weighted by atomic mass is 31.2. The largest absolute Gasteiger partial charge is 0.387 e. The lowest BCUT2D eigenvalue weighted by molar-refractivity contribution is -0.137. The summed E-state index contributed by atoms with van der Waals surface area (Å²) in [6.45, 7) is 5.40. The zero-order valence-electron chi connectivity index (χ0n) is 22.5. The van der Waals surface area contributed by atoms with Crippen molar-refractivity contribution < 1.29 is 51.8 Å². The lowest BCUT2D eigenvalue weighted by Gasteiger charge is -2.31. The van der Waals surface area contributed by atoms with E-state index < -0.39 is 74.7 Å². The summed E-state index contributed by atoms with van der Waals surface area (Å²) in [4.78, 5) is 50.7. The molecule has 0 spiro atoms. The highest BCUT2D eigenvalue weighted by molar-refractivity contribution is 7.72. The number of aromatic nitrogens is 2. The molecular weight excluding hydrogens is 578 g/mol. The third kappa shape index (κ3) is 8.18. The van der Waals surface area contributed by atoms with Crippen LogP contribution in [0.3, 0.4) is 0 Å². The molecule has 2 rings (SSSR count). The van der Waals surface area contributed by atoms with Crippen molar-refractivity contribution in [2.45, 2.75) is 64.2 Å². The summed E-state index contributed by atoms with van der Waals surface area (Å²) in [7, 11) is -8.51. The van der Waals surface area contributed by atoms with Gasteiger partial charge in [-0.25, -0.2) is 4.79 Å². The van der Waals surface area contributed by atoms with Crippen molar-refractivity contribution in [3.63, 3.8) is 0 Å². The van der Waals surface area contributed by atoms with Gasteiger partial charge in [-0.05, 0) is 27.7 Å². The molecule has 0 aromatic carbocycles. The number of aromatic amines is 1. The number of carbonyl (C=O) groups excluding carboxylic acids is 2. The van der Waals surface area contributed by atoms with Gasteiger partial charge in [0.15, 0.2) is 12.3 Å². The third-order valence-corrected chi connectivity index (χ3v) is 11.0.